The minimum atomic E-state index is 1.12. The van der Waals surface area contributed by atoms with Crippen LogP contribution in [0.5, 0.6) is 0 Å². The van der Waals surface area contributed by atoms with Gasteiger partial charge in [-0.05, 0) is 122 Å². The minimum Gasteiger partial charge on any atom is -0.310 e. The molecule has 0 radical (unpaired) electrons. The summed E-state index contributed by atoms with van der Waals surface area (Å²) in [6.07, 6.45) is 4.36. The number of nitrogens with zero attached hydrogens (tertiary/aromatic N) is 1. The molecule has 254 valence electrons. The first-order valence-corrected chi connectivity index (χ1v) is 19.1. The summed E-state index contributed by atoms with van der Waals surface area (Å²) in [4.78, 5) is 2.42. The fraction of sp³-hybridized carbons (Fsp3) is 0. The third-order valence-electron chi connectivity index (χ3n) is 11.9. The standard InChI is InChI=1S/C54H33N/c1-3-12-34(13-4-1)26-27-35-28-30-38(31-29-35)55(37-16-5-2-6-17-37)48-33-32-42-41-20-10-24-46-52(41)54(45-23-11-21-43(48)50(42)45)47-25-9-19-40-39-18-7-14-36-15-8-22-44(49(36)39)53(46)51(40)47/h1-33H/b27-26+. The van der Waals surface area contributed by atoms with Crippen LogP contribution in [0.15, 0.2) is 188 Å². The zero-order valence-corrected chi connectivity index (χ0v) is 30.0. The molecule has 0 saturated carbocycles. The van der Waals surface area contributed by atoms with E-state index in [9.17, 15) is 0 Å². The van der Waals surface area contributed by atoms with Gasteiger partial charge in [-0.3, -0.25) is 0 Å². The van der Waals surface area contributed by atoms with Crippen LogP contribution in [0.4, 0.5) is 17.1 Å². The SMILES string of the molecule is C(=C\c1ccc(N(c2ccccc2)c2ccc3c4cccc5c4c(c4cccc2c34)c2cccc3c4cccc6cccc(c64)c5c32)cc1)/c1ccccc1. The van der Waals surface area contributed by atoms with Gasteiger partial charge in [0.05, 0.1) is 5.69 Å². The predicted octanol–water partition coefficient (Wildman–Crippen LogP) is 15.4. The molecule has 0 spiro atoms. The molecule has 0 aliphatic heterocycles. The summed E-state index contributed by atoms with van der Waals surface area (Å²) in [7, 11) is 0. The Labute approximate surface area is 318 Å². The Hall–Kier alpha value is -7.22. The molecule has 12 aromatic rings. The molecule has 0 N–H and O–H groups in total. The Morgan fingerprint density at radius 2 is 0.673 bits per heavy atom. The number of hydrogen-bond acceptors (Lipinski definition) is 1. The Balaban J connectivity index is 1.15. The summed E-state index contributed by atoms with van der Waals surface area (Å²) < 4.78 is 0. The van der Waals surface area contributed by atoms with Crippen LogP contribution in [0.25, 0.3) is 98.3 Å². The molecule has 12 rings (SSSR count). The molecule has 0 atom stereocenters. The topological polar surface area (TPSA) is 3.24 Å². The number of fused-ring (bicyclic) bond motifs is 6. The van der Waals surface area contributed by atoms with E-state index in [2.05, 4.69) is 205 Å². The highest BCUT2D eigenvalue weighted by atomic mass is 15.1. The van der Waals surface area contributed by atoms with Gasteiger partial charge in [0.15, 0.2) is 0 Å². The van der Waals surface area contributed by atoms with Crippen LogP contribution in [0.2, 0.25) is 0 Å². The second-order valence-corrected chi connectivity index (χ2v) is 14.8. The number of benzene rings is 12. The van der Waals surface area contributed by atoms with E-state index in [4.69, 9.17) is 0 Å². The molecule has 0 bridgehead atoms. The van der Waals surface area contributed by atoms with Crippen LogP contribution in [0.1, 0.15) is 11.1 Å². The van der Waals surface area contributed by atoms with Crippen LogP contribution in [0, 0.1) is 0 Å². The van der Waals surface area contributed by atoms with E-state index in [1.165, 1.54) is 103 Å². The van der Waals surface area contributed by atoms with Crippen molar-refractivity contribution in [2.24, 2.45) is 0 Å². The highest BCUT2D eigenvalue weighted by Gasteiger charge is 2.23. The molecule has 1 nitrogen and oxygen atoms in total. The Morgan fingerprint density at radius 1 is 0.255 bits per heavy atom. The first kappa shape index (κ1) is 30.3. The highest BCUT2D eigenvalue weighted by molar-refractivity contribution is 6.47. The zero-order chi connectivity index (χ0) is 36.0. The van der Waals surface area contributed by atoms with Crippen molar-refractivity contribution < 1.29 is 0 Å². The quantitative estimate of drug-likeness (QED) is 0.0984. The molecule has 0 fully saturated rings. The van der Waals surface area contributed by atoms with Gasteiger partial charge in [0.25, 0.3) is 0 Å². The first-order chi connectivity index (χ1) is 27.3. The average molecular weight is 696 g/mol. The summed E-state index contributed by atoms with van der Waals surface area (Å²) in [5, 5.41) is 21.1. The first-order valence-electron chi connectivity index (χ1n) is 19.1. The molecular formula is C54H33N. The van der Waals surface area contributed by atoms with Gasteiger partial charge >= 0.3 is 0 Å². The smallest absolute Gasteiger partial charge is 0.0540 e. The summed E-state index contributed by atoms with van der Waals surface area (Å²) >= 11 is 0. The van der Waals surface area contributed by atoms with Crippen molar-refractivity contribution in [1.29, 1.82) is 0 Å². The molecule has 0 aliphatic carbocycles. The zero-order valence-electron chi connectivity index (χ0n) is 30.0. The largest absolute Gasteiger partial charge is 0.310 e. The number of anilines is 3. The van der Waals surface area contributed by atoms with Crippen molar-refractivity contribution in [3.63, 3.8) is 0 Å². The fourth-order valence-electron chi connectivity index (χ4n) is 9.63. The minimum absolute atomic E-state index is 1.12. The third-order valence-corrected chi connectivity index (χ3v) is 11.9. The van der Waals surface area contributed by atoms with Crippen molar-refractivity contribution in [3.8, 4) is 0 Å². The van der Waals surface area contributed by atoms with Crippen molar-refractivity contribution in [2.75, 3.05) is 4.90 Å². The van der Waals surface area contributed by atoms with Crippen LogP contribution in [-0.4, -0.2) is 0 Å². The summed E-state index contributed by atoms with van der Waals surface area (Å²) in [6.45, 7) is 0. The van der Waals surface area contributed by atoms with E-state index in [-0.39, 0.29) is 0 Å². The van der Waals surface area contributed by atoms with Crippen molar-refractivity contribution >= 4 is 115 Å². The fourth-order valence-corrected chi connectivity index (χ4v) is 9.63. The molecule has 0 saturated heterocycles. The van der Waals surface area contributed by atoms with Gasteiger partial charge in [0.1, 0.15) is 0 Å². The average Bonchev–Trinajstić information content (AvgIpc) is 3.25. The van der Waals surface area contributed by atoms with Gasteiger partial charge in [-0.1, -0.05) is 170 Å². The molecule has 0 unspecified atom stereocenters. The molecule has 12 aromatic carbocycles. The van der Waals surface area contributed by atoms with Crippen LogP contribution >= 0.6 is 0 Å². The van der Waals surface area contributed by atoms with Crippen molar-refractivity contribution in [1.82, 2.24) is 0 Å². The lowest BCUT2D eigenvalue weighted by atomic mass is 9.82. The maximum Gasteiger partial charge on any atom is 0.0540 e. The van der Waals surface area contributed by atoms with E-state index in [1.807, 2.05) is 0 Å². The lowest BCUT2D eigenvalue weighted by Crippen LogP contribution is -2.10. The van der Waals surface area contributed by atoms with E-state index in [0.717, 1.165) is 11.4 Å². The maximum absolute atomic E-state index is 2.42. The monoisotopic (exact) mass is 695 g/mol. The number of hydrogen-bond donors (Lipinski definition) is 0. The molecule has 0 aliphatic rings. The second kappa shape index (κ2) is 11.6. The molecule has 55 heavy (non-hydrogen) atoms. The summed E-state index contributed by atoms with van der Waals surface area (Å²) in [5.41, 5.74) is 5.77. The maximum atomic E-state index is 2.42. The Kier molecular flexibility index (Phi) is 6.40. The number of rotatable bonds is 5. The molecule has 0 aromatic heterocycles. The summed E-state index contributed by atoms with van der Waals surface area (Å²) in [5.74, 6) is 0. The second-order valence-electron chi connectivity index (χ2n) is 14.8. The third kappa shape index (κ3) is 4.35. The van der Waals surface area contributed by atoms with E-state index < -0.39 is 0 Å². The molecule has 0 amide bonds. The van der Waals surface area contributed by atoms with Gasteiger partial charge < -0.3 is 4.90 Å². The van der Waals surface area contributed by atoms with Gasteiger partial charge in [-0.15, -0.1) is 0 Å². The molecule has 0 heterocycles. The molecular weight excluding hydrogens is 663 g/mol. The number of para-hydroxylation sites is 1. The van der Waals surface area contributed by atoms with Gasteiger partial charge in [0.2, 0.25) is 0 Å². The normalized spacial score (nSPS) is 12.3. The Morgan fingerprint density at radius 3 is 1.29 bits per heavy atom. The van der Waals surface area contributed by atoms with Crippen LogP contribution in [-0.2, 0) is 0 Å². The lowest BCUT2D eigenvalue weighted by Gasteiger charge is -2.28. The highest BCUT2D eigenvalue weighted by Crippen LogP contribution is 2.51. The lowest BCUT2D eigenvalue weighted by molar-refractivity contribution is 1.30. The van der Waals surface area contributed by atoms with E-state index >= 15 is 0 Å². The van der Waals surface area contributed by atoms with Crippen molar-refractivity contribution in [2.45, 2.75) is 0 Å². The van der Waals surface area contributed by atoms with E-state index in [0.29, 0.717) is 0 Å². The van der Waals surface area contributed by atoms with Gasteiger partial charge in [-0.25, -0.2) is 0 Å². The van der Waals surface area contributed by atoms with E-state index in [1.54, 1.807) is 0 Å². The summed E-state index contributed by atoms with van der Waals surface area (Å²) in [6, 6.07) is 69.3. The predicted molar refractivity (Wildman–Crippen MR) is 239 cm³/mol. The molecule has 1 heteroatoms. The van der Waals surface area contributed by atoms with Crippen molar-refractivity contribution in [3.05, 3.63) is 199 Å². The Bertz CT molecular complexity index is 3450. The van der Waals surface area contributed by atoms with Crippen LogP contribution in [0.3, 0.4) is 0 Å². The van der Waals surface area contributed by atoms with Crippen LogP contribution < -0.4 is 4.90 Å². The van der Waals surface area contributed by atoms with Gasteiger partial charge in [0, 0.05) is 16.8 Å². The van der Waals surface area contributed by atoms with Gasteiger partial charge in [-0.2, -0.15) is 0 Å².